The highest BCUT2D eigenvalue weighted by molar-refractivity contribution is 7.46. The molecule has 0 aliphatic rings. The van der Waals surface area contributed by atoms with Crippen LogP contribution in [-0.2, 0) is 27.8 Å². The second-order valence-electron chi connectivity index (χ2n) is 8.55. The molecule has 0 aromatic heterocycles. The molecular weight excluding hydrogens is 426 g/mol. The van der Waals surface area contributed by atoms with E-state index in [1.807, 2.05) is 20.8 Å². The molecule has 0 saturated carbocycles. The largest absolute Gasteiger partial charge is 0.469 e. The third kappa shape index (κ3) is 22.1. The van der Waals surface area contributed by atoms with E-state index in [1.165, 1.54) is 0 Å². The van der Waals surface area contributed by atoms with E-state index in [4.69, 9.17) is 19.6 Å². The van der Waals surface area contributed by atoms with E-state index < -0.39 is 21.1 Å². The molecule has 29 heavy (non-hydrogen) atoms. The van der Waals surface area contributed by atoms with Gasteiger partial charge in [-0.25, -0.2) is 9.13 Å². The molecule has 0 aromatic carbocycles. The predicted octanol–water partition coefficient (Wildman–Crippen LogP) is 3.37. The summed E-state index contributed by atoms with van der Waals surface area (Å²) >= 11 is 0. The van der Waals surface area contributed by atoms with Gasteiger partial charge in [-0.2, -0.15) is 0 Å². The van der Waals surface area contributed by atoms with Crippen LogP contribution in [0.3, 0.4) is 0 Å². The minimum Gasteiger partial charge on any atom is -0.303 e. The fourth-order valence-corrected chi connectivity index (χ4v) is 2.47. The molecule has 0 heterocycles. The van der Waals surface area contributed by atoms with Crippen LogP contribution in [0.5, 0.6) is 0 Å². The number of Topliss-reactive ketones (excluding diaryl/α,β-unsaturated/α-hetero) is 2. The number of hydrogen-bond acceptors (Lipinski definition) is 6. The highest BCUT2D eigenvalue weighted by Gasteiger charge is 2.21. The van der Waals surface area contributed by atoms with E-state index in [1.54, 1.807) is 20.8 Å². The van der Waals surface area contributed by atoms with Crippen LogP contribution in [0, 0.1) is 10.8 Å². The zero-order valence-corrected chi connectivity index (χ0v) is 19.9. The van der Waals surface area contributed by atoms with Gasteiger partial charge in [-0.15, -0.1) is 0 Å². The molecule has 0 amide bonds. The molecule has 0 bridgehead atoms. The smallest absolute Gasteiger partial charge is 0.303 e. The second-order valence-corrected chi connectivity index (χ2v) is 11.0. The van der Waals surface area contributed by atoms with E-state index in [0.29, 0.717) is 25.7 Å². The lowest BCUT2D eigenvalue weighted by atomic mass is 9.88. The lowest BCUT2D eigenvalue weighted by Crippen LogP contribution is -2.20. The molecule has 4 N–H and O–H groups in total. The maximum atomic E-state index is 11.4. The first kappa shape index (κ1) is 30.8. The first-order valence-corrected chi connectivity index (χ1v) is 12.3. The summed E-state index contributed by atoms with van der Waals surface area (Å²) in [5, 5.41) is 0. The van der Waals surface area contributed by atoms with Gasteiger partial charge in [0.25, 0.3) is 0 Å². The molecule has 0 aromatic rings. The Balaban J connectivity index is 0. The maximum absolute atomic E-state index is 11.4. The third-order valence-electron chi connectivity index (χ3n) is 3.54. The highest BCUT2D eigenvalue weighted by Crippen LogP contribution is 2.36. The van der Waals surface area contributed by atoms with Crippen LogP contribution >= 0.6 is 15.6 Å². The number of phosphoric ester groups is 2. The Kier molecular flexibility index (Phi) is 13.9. The summed E-state index contributed by atoms with van der Waals surface area (Å²) in [5.41, 5.74) is -0.744. The average molecular weight is 462 g/mol. The van der Waals surface area contributed by atoms with Gasteiger partial charge >= 0.3 is 15.6 Å². The molecule has 0 spiro atoms. The number of ketones is 2. The molecular formula is C17H36O10P2. The first-order chi connectivity index (χ1) is 12.8. The molecule has 0 atom stereocenters. The molecule has 0 unspecified atom stereocenters. The monoisotopic (exact) mass is 462 g/mol. The van der Waals surface area contributed by atoms with E-state index in [2.05, 4.69) is 9.05 Å². The van der Waals surface area contributed by atoms with Gasteiger partial charge in [0.05, 0.1) is 13.2 Å². The van der Waals surface area contributed by atoms with Gasteiger partial charge < -0.3 is 19.6 Å². The zero-order valence-electron chi connectivity index (χ0n) is 18.1. The van der Waals surface area contributed by atoms with Crippen molar-refractivity contribution in [2.24, 2.45) is 10.8 Å². The van der Waals surface area contributed by atoms with Crippen LogP contribution in [0.25, 0.3) is 0 Å². The van der Waals surface area contributed by atoms with Crippen molar-refractivity contribution in [3.8, 4) is 0 Å². The van der Waals surface area contributed by atoms with Crippen molar-refractivity contribution in [3.63, 3.8) is 0 Å². The second kappa shape index (κ2) is 13.1. The van der Waals surface area contributed by atoms with E-state index in [-0.39, 0.29) is 36.6 Å². The minimum absolute atomic E-state index is 0.0122. The summed E-state index contributed by atoms with van der Waals surface area (Å²) in [6, 6.07) is 0. The fourth-order valence-electron chi connectivity index (χ4n) is 1.74. The highest BCUT2D eigenvalue weighted by atomic mass is 31.2. The summed E-state index contributed by atoms with van der Waals surface area (Å²) in [7, 11) is -8.72. The average Bonchev–Trinajstić information content (AvgIpc) is 2.47. The Morgan fingerprint density at radius 2 is 0.966 bits per heavy atom. The Labute approximate surface area is 172 Å². The molecule has 0 aliphatic heterocycles. The Hall–Kier alpha value is -0.440. The van der Waals surface area contributed by atoms with Crippen LogP contribution in [0.2, 0.25) is 0 Å². The predicted molar refractivity (Wildman–Crippen MR) is 108 cm³/mol. The lowest BCUT2D eigenvalue weighted by Gasteiger charge is -2.16. The molecule has 12 heteroatoms. The quantitative estimate of drug-likeness (QED) is 0.264. The van der Waals surface area contributed by atoms with E-state index in [0.717, 1.165) is 0 Å². The number of carbonyl (C=O) groups is 2. The Morgan fingerprint density at radius 3 is 1.28 bits per heavy atom. The Bertz CT molecular complexity index is 592. The van der Waals surface area contributed by atoms with Crippen LogP contribution in [0.4, 0.5) is 0 Å². The van der Waals surface area contributed by atoms with Crippen molar-refractivity contribution in [3.05, 3.63) is 0 Å². The summed E-state index contributed by atoms with van der Waals surface area (Å²) < 4.78 is 29.0. The van der Waals surface area contributed by atoms with Crippen LogP contribution in [0.15, 0.2) is 0 Å². The summed E-state index contributed by atoms with van der Waals surface area (Å²) in [5.74, 6) is 0.213. The van der Waals surface area contributed by atoms with Crippen molar-refractivity contribution in [1.29, 1.82) is 0 Å². The molecule has 0 aliphatic carbocycles. The maximum Gasteiger partial charge on any atom is 0.469 e. The Morgan fingerprint density at radius 1 is 0.655 bits per heavy atom. The van der Waals surface area contributed by atoms with Crippen LogP contribution in [0.1, 0.15) is 73.6 Å². The number of carbonyl (C=O) groups excluding carboxylic acids is 2. The summed E-state index contributed by atoms with van der Waals surface area (Å²) in [4.78, 5) is 56.2. The molecule has 174 valence electrons. The van der Waals surface area contributed by atoms with Crippen molar-refractivity contribution in [2.75, 3.05) is 13.2 Å². The van der Waals surface area contributed by atoms with Crippen LogP contribution in [-0.4, -0.2) is 44.4 Å². The van der Waals surface area contributed by atoms with Gasteiger partial charge in [-0.1, -0.05) is 41.5 Å². The van der Waals surface area contributed by atoms with E-state index >= 15 is 0 Å². The molecule has 0 saturated heterocycles. The zero-order chi connectivity index (χ0) is 23.5. The number of unbranched alkanes of at least 4 members (excludes halogenated alkanes) is 1. The minimum atomic E-state index is -4.38. The summed E-state index contributed by atoms with van der Waals surface area (Å²) in [6.45, 7) is 10.9. The fraction of sp³-hybridized carbons (Fsp3) is 0.882. The van der Waals surface area contributed by atoms with Gasteiger partial charge in [-0.3, -0.25) is 18.6 Å². The molecule has 0 fully saturated rings. The van der Waals surface area contributed by atoms with Crippen molar-refractivity contribution < 1.29 is 47.3 Å². The molecule has 0 radical (unpaired) electrons. The molecule has 10 nitrogen and oxygen atoms in total. The van der Waals surface area contributed by atoms with Gasteiger partial charge in [0, 0.05) is 23.7 Å². The SMILES string of the molecule is CC(C)(C)C(=O)CCCCOP(=O)(O)O.CC(C)(C)C(=O)CCCOP(=O)(O)O. The number of hydrogen-bond donors (Lipinski definition) is 4. The topological polar surface area (TPSA) is 168 Å². The molecule has 0 rings (SSSR count). The third-order valence-corrected chi connectivity index (χ3v) is 4.58. The lowest BCUT2D eigenvalue weighted by molar-refractivity contribution is -0.127. The number of phosphoric acid groups is 2. The summed E-state index contributed by atoms with van der Waals surface area (Å²) in [6.07, 6.45) is 2.11. The van der Waals surface area contributed by atoms with Crippen molar-refractivity contribution in [2.45, 2.75) is 73.6 Å². The normalized spacial score (nSPS) is 12.9. The van der Waals surface area contributed by atoms with E-state index in [9.17, 15) is 18.7 Å². The van der Waals surface area contributed by atoms with Gasteiger partial charge in [0.1, 0.15) is 11.6 Å². The van der Waals surface area contributed by atoms with Gasteiger partial charge in [0.15, 0.2) is 0 Å². The standard InChI is InChI=1S/C9H19O5P.C8H17O5P/c1-9(2,3)8(10)6-4-5-7-14-15(11,12)13;1-8(2,3)7(9)5-4-6-13-14(10,11)12/h4-7H2,1-3H3,(H2,11,12,13);4-6H2,1-3H3,(H2,10,11,12). The van der Waals surface area contributed by atoms with Crippen LogP contribution < -0.4 is 0 Å². The van der Waals surface area contributed by atoms with Gasteiger partial charge in [-0.05, 0) is 19.3 Å². The van der Waals surface area contributed by atoms with Gasteiger partial charge in [0.2, 0.25) is 0 Å². The van der Waals surface area contributed by atoms with Crippen molar-refractivity contribution >= 4 is 27.2 Å². The van der Waals surface area contributed by atoms with Crippen molar-refractivity contribution in [1.82, 2.24) is 0 Å². The first-order valence-electron chi connectivity index (χ1n) is 9.22. The number of rotatable bonds is 11.